The van der Waals surface area contributed by atoms with E-state index in [1.54, 1.807) is 42.6 Å². The molecule has 0 atom stereocenters. The van der Waals surface area contributed by atoms with Crippen LogP contribution < -0.4 is 4.80 Å². The van der Waals surface area contributed by atoms with Crippen molar-refractivity contribution in [1.82, 2.24) is 14.0 Å². The number of hydrogen-bond donors (Lipinski definition) is 0. The third kappa shape index (κ3) is 3.50. The largest absolute Gasteiger partial charge is 0.465 e. The highest BCUT2D eigenvalue weighted by molar-refractivity contribution is 7.16. The number of fused-ring (bicyclic) bond motifs is 2. The number of ether oxygens (including phenoxy) is 1. The van der Waals surface area contributed by atoms with Gasteiger partial charge in [-0.1, -0.05) is 17.4 Å². The summed E-state index contributed by atoms with van der Waals surface area (Å²) in [6.07, 6.45) is 1.69. The molecular weight excluding hydrogens is 414 g/mol. The lowest BCUT2D eigenvalue weighted by atomic mass is 10.3. The molecule has 1 aromatic carbocycles. The second-order valence-electron chi connectivity index (χ2n) is 6.40. The van der Waals surface area contributed by atoms with E-state index < -0.39 is 23.5 Å². The molecule has 0 aliphatic heterocycles. The van der Waals surface area contributed by atoms with Crippen molar-refractivity contribution in [2.24, 2.45) is 4.99 Å². The van der Waals surface area contributed by atoms with E-state index in [2.05, 4.69) is 9.98 Å². The number of aryl methyl sites for hydroxylation is 1. The minimum atomic E-state index is -0.856. The summed E-state index contributed by atoms with van der Waals surface area (Å²) in [4.78, 5) is 33.5. The Hall–Kier alpha value is -3.40. The summed E-state index contributed by atoms with van der Waals surface area (Å²) in [6, 6.07) is 7.15. The second kappa shape index (κ2) is 7.79. The van der Waals surface area contributed by atoms with Gasteiger partial charge < -0.3 is 9.30 Å². The molecule has 0 N–H and O–H groups in total. The molecule has 3 aromatic heterocycles. The van der Waals surface area contributed by atoms with Crippen molar-refractivity contribution in [3.63, 3.8) is 0 Å². The van der Waals surface area contributed by atoms with Crippen LogP contribution in [-0.4, -0.2) is 32.4 Å². The average molecular weight is 430 g/mol. The third-order valence-electron chi connectivity index (χ3n) is 4.39. The first-order valence-corrected chi connectivity index (χ1v) is 9.87. The van der Waals surface area contributed by atoms with Gasteiger partial charge in [0, 0.05) is 12.3 Å². The standard InChI is InChI=1S/C20H16F2N4O3S/c1-3-29-16(27)10-26-18-13(22)8-12(21)9-14(18)30-20(26)24-19(28)17-11(2)23-15-6-4-5-7-25(15)17/h4-9H,3,10H2,1-2H3. The van der Waals surface area contributed by atoms with E-state index in [1.807, 2.05) is 0 Å². The monoisotopic (exact) mass is 430 g/mol. The van der Waals surface area contributed by atoms with Crippen molar-refractivity contribution >= 4 is 39.1 Å². The molecule has 0 saturated heterocycles. The number of pyridine rings is 1. The Labute approximate surface area is 172 Å². The van der Waals surface area contributed by atoms with Crippen LogP contribution in [0, 0.1) is 18.6 Å². The molecule has 0 saturated carbocycles. The van der Waals surface area contributed by atoms with Crippen LogP contribution in [0.2, 0.25) is 0 Å². The zero-order chi connectivity index (χ0) is 21.4. The summed E-state index contributed by atoms with van der Waals surface area (Å²) in [7, 11) is 0. The molecule has 3 heterocycles. The molecule has 7 nitrogen and oxygen atoms in total. The maximum atomic E-state index is 14.5. The van der Waals surface area contributed by atoms with E-state index in [0.29, 0.717) is 11.3 Å². The number of carbonyl (C=O) groups is 2. The minimum Gasteiger partial charge on any atom is -0.465 e. The summed E-state index contributed by atoms with van der Waals surface area (Å²) >= 11 is 0.907. The SMILES string of the molecule is CCOC(=O)Cn1c(=NC(=O)c2c(C)nc3ccccn23)sc2cc(F)cc(F)c21. The van der Waals surface area contributed by atoms with Gasteiger partial charge in [0.15, 0.2) is 10.6 Å². The Balaban J connectivity index is 1.91. The van der Waals surface area contributed by atoms with E-state index in [-0.39, 0.29) is 33.9 Å². The minimum absolute atomic E-state index is 0.0177. The molecule has 4 rings (SSSR count). The van der Waals surface area contributed by atoms with Gasteiger partial charge >= 0.3 is 5.97 Å². The third-order valence-corrected chi connectivity index (χ3v) is 5.42. The molecular formula is C20H16F2N4O3S. The van der Waals surface area contributed by atoms with Gasteiger partial charge in [-0.25, -0.2) is 13.8 Å². The molecule has 10 heteroatoms. The number of thiazole rings is 1. The van der Waals surface area contributed by atoms with E-state index in [9.17, 15) is 18.4 Å². The van der Waals surface area contributed by atoms with Gasteiger partial charge in [-0.05, 0) is 32.0 Å². The summed E-state index contributed by atoms with van der Waals surface area (Å²) in [6.45, 7) is 3.11. The number of nitrogens with zero attached hydrogens (tertiary/aromatic N) is 4. The summed E-state index contributed by atoms with van der Waals surface area (Å²) in [5, 5.41) is 0. The Morgan fingerprint density at radius 3 is 2.83 bits per heavy atom. The summed E-state index contributed by atoms with van der Waals surface area (Å²) < 4.78 is 36.2. The first kappa shape index (κ1) is 19.9. The van der Waals surface area contributed by atoms with Crippen LogP contribution in [0.3, 0.4) is 0 Å². The number of aromatic nitrogens is 3. The Bertz CT molecular complexity index is 1370. The van der Waals surface area contributed by atoms with Gasteiger partial charge in [-0.15, -0.1) is 0 Å². The van der Waals surface area contributed by atoms with Gasteiger partial charge in [0.25, 0.3) is 5.91 Å². The lowest BCUT2D eigenvalue weighted by Crippen LogP contribution is -2.23. The number of amides is 1. The maximum absolute atomic E-state index is 14.5. The van der Waals surface area contributed by atoms with Crippen LogP contribution in [0.1, 0.15) is 23.1 Å². The van der Waals surface area contributed by atoms with Gasteiger partial charge in [0.2, 0.25) is 0 Å². The molecule has 0 bridgehead atoms. The van der Waals surface area contributed by atoms with E-state index >= 15 is 0 Å². The fourth-order valence-electron chi connectivity index (χ4n) is 3.21. The summed E-state index contributed by atoms with van der Waals surface area (Å²) in [5.41, 5.74) is 1.29. The lowest BCUT2D eigenvalue weighted by Gasteiger charge is -2.06. The molecule has 0 aliphatic rings. The predicted molar refractivity (Wildman–Crippen MR) is 106 cm³/mol. The highest BCUT2D eigenvalue weighted by atomic mass is 32.1. The van der Waals surface area contributed by atoms with Crippen molar-refractivity contribution in [3.05, 3.63) is 64.4 Å². The zero-order valence-corrected chi connectivity index (χ0v) is 16.9. The van der Waals surface area contributed by atoms with Crippen molar-refractivity contribution in [2.75, 3.05) is 6.61 Å². The van der Waals surface area contributed by atoms with Crippen LogP contribution in [0.5, 0.6) is 0 Å². The second-order valence-corrected chi connectivity index (χ2v) is 7.41. The molecule has 1 amide bonds. The van der Waals surface area contributed by atoms with Crippen molar-refractivity contribution < 1.29 is 23.1 Å². The first-order chi connectivity index (χ1) is 14.4. The van der Waals surface area contributed by atoms with Gasteiger partial charge in [-0.2, -0.15) is 4.99 Å². The molecule has 154 valence electrons. The smallest absolute Gasteiger partial charge is 0.326 e. The van der Waals surface area contributed by atoms with Crippen LogP contribution >= 0.6 is 11.3 Å². The number of imidazole rings is 1. The van der Waals surface area contributed by atoms with Gasteiger partial charge in [0.1, 0.15) is 23.7 Å². The summed E-state index contributed by atoms with van der Waals surface area (Å²) in [5.74, 6) is -2.86. The van der Waals surface area contributed by atoms with Crippen molar-refractivity contribution in [1.29, 1.82) is 0 Å². The van der Waals surface area contributed by atoms with Crippen molar-refractivity contribution in [3.8, 4) is 0 Å². The molecule has 0 fully saturated rings. The fourth-order valence-corrected chi connectivity index (χ4v) is 4.27. The highest BCUT2D eigenvalue weighted by Gasteiger charge is 2.19. The zero-order valence-electron chi connectivity index (χ0n) is 16.1. The quantitative estimate of drug-likeness (QED) is 0.466. The van der Waals surface area contributed by atoms with Gasteiger partial charge in [0.05, 0.1) is 22.5 Å². The number of hydrogen-bond acceptors (Lipinski definition) is 5. The van der Waals surface area contributed by atoms with E-state index in [4.69, 9.17) is 4.74 Å². The van der Waals surface area contributed by atoms with Crippen LogP contribution in [0.15, 0.2) is 41.5 Å². The highest BCUT2D eigenvalue weighted by Crippen LogP contribution is 2.23. The molecule has 30 heavy (non-hydrogen) atoms. The number of benzene rings is 1. The van der Waals surface area contributed by atoms with Gasteiger partial charge in [-0.3, -0.25) is 14.0 Å². The maximum Gasteiger partial charge on any atom is 0.326 e. The fraction of sp³-hybridized carbons (Fsp3) is 0.200. The molecule has 0 unspecified atom stereocenters. The molecule has 0 radical (unpaired) electrons. The van der Waals surface area contributed by atoms with E-state index in [1.165, 1.54) is 4.57 Å². The van der Waals surface area contributed by atoms with Crippen LogP contribution in [0.25, 0.3) is 15.9 Å². The normalized spacial score (nSPS) is 12.1. The topological polar surface area (TPSA) is 78.0 Å². The molecule has 0 aliphatic carbocycles. The Morgan fingerprint density at radius 1 is 1.27 bits per heavy atom. The number of rotatable bonds is 4. The Morgan fingerprint density at radius 2 is 2.07 bits per heavy atom. The van der Waals surface area contributed by atoms with E-state index in [0.717, 1.165) is 23.5 Å². The lowest BCUT2D eigenvalue weighted by molar-refractivity contribution is -0.143. The molecule has 0 spiro atoms. The predicted octanol–water partition coefficient (Wildman–Crippen LogP) is 3.24. The van der Waals surface area contributed by atoms with Crippen LogP contribution in [-0.2, 0) is 16.1 Å². The molecule has 4 aromatic rings. The number of carbonyl (C=O) groups excluding carboxylic acids is 2. The van der Waals surface area contributed by atoms with Crippen molar-refractivity contribution in [2.45, 2.75) is 20.4 Å². The number of esters is 1. The Kier molecular flexibility index (Phi) is 5.17. The number of halogens is 2. The average Bonchev–Trinajstić information content (AvgIpc) is 3.18. The van der Waals surface area contributed by atoms with Crippen LogP contribution in [0.4, 0.5) is 8.78 Å². The first-order valence-electron chi connectivity index (χ1n) is 9.05.